The monoisotopic (exact) mass is 671 g/mol. The van der Waals surface area contributed by atoms with E-state index in [0.717, 1.165) is 59.7 Å². The molecule has 2 aromatic carbocycles. The van der Waals surface area contributed by atoms with E-state index in [4.69, 9.17) is 24.1 Å². The molecule has 3 aromatic rings. The van der Waals surface area contributed by atoms with Crippen LogP contribution in [0.25, 0.3) is 0 Å². The Morgan fingerprint density at radius 2 is 1.88 bits per heavy atom. The molecule has 4 heterocycles. The van der Waals surface area contributed by atoms with Crippen LogP contribution in [0.3, 0.4) is 0 Å². The third-order valence-corrected chi connectivity index (χ3v) is 10.2. The van der Waals surface area contributed by atoms with Crippen molar-refractivity contribution >= 4 is 58.0 Å². The highest BCUT2D eigenvalue weighted by molar-refractivity contribution is 9.10. The largest absolute Gasteiger partial charge is 0.494 e. The number of likely N-dealkylation sites (tertiary alicyclic amines) is 1. The molecule has 0 unspecified atom stereocenters. The molecule has 13 heteroatoms. The zero-order valence-corrected chi connectivity index (χ0v) is 27.7. The van der Waals surface area contributed by atoms with Gasteiger partial charge in [0.15, 0.2) is 5.75 Å². The fourth-order valence-electron chi connectivity index (χ4n) is 6.15. The van der Waals surface area contributed by atoms with E-state index in [-0.39, 0.29) is 0 Å². The summed E-state index contributed by atoms with van der Waals surface area (Å²) in [7, 11) is 2.99. The van der Waals surface area contributed by atoms with Gasteiger partial charge in [-0.25, -0.2) is 4.98 Å². The Labute approximate surface area is 262 Å². The number of rotatable bonds is 10. The van der Waals surface area contributed by atoms with E-state index in [1.165, 1.54) is 24.1 Å². The predicted octanol–water partition coefficient (Wildman–Crippen LogP) is 5.15. The summed E-state index contributed by atoms with van der Waals surface area (Å²) in [6.07, 6.45) is 4.08. The fourth-order valence-corrected chi connectivity index (χ4v) is 7.62. The minimum atomic E-state index is -0.508. The maximum absolute atomic E-state index is 5.84. The van der Waals surface area contributed by atoms with Crippen molar-refractivity contribution in [2.75, 3.05) is 75.9 Å². The number of benzene rings is 2. The molecule has 0 amide bonds. The van der Waals surface area contributed by atoms with Crippen LogP contribution in [-0.2, 0) is 4.74 Å². The average molecular weight is 673 g/mol. The van der Waals surface area contributed by atoms with Crippen molar-refractivity contribution in [3.05, 3.63) is 40.5 Å². The van der Waals surface area contributed by atoms with E-state index < -0.39 is 7.92 Å². The summed E-state index contributed by atoms with van der Waals surface area (Å²) >= 11 is 3.60. The number of aryl methyl sites for hydroxylation is 1. The molecule has 0 radical (unpaired) electrons. The lowest BCUT2D eigenvalue weighted by molar-refractivity contribution is -0.000666. The van der Waals surface area contributed by atoms with Crippen LogP contribution in [0, 0.1) is 12.8 Å². The number of halogens is 1. The number of fused-ring (bicyclic) bond motifs is 1. The Hall–Kier alpha value is -2.89. The summed E-state index contributed by atoms with van der Waals surface area (Å²) in [5.41, 5.74) is 6.60. The molecule has 0 saturated carbocycles. The van der Waals surface area contributed by atoms with Crippen molar-refractivity contribution < 1.29 is 19.1 Å². The van der Waals surface area contributed by atoms with Crippen LogP contribution in [0.15, 0.2) is 34.9 Å². The molecule has 230 valence electrons. The molecule has 2 fully saturated rings. The van der Waals surface area contributed by atoms with Gasteiger partial charge in [0.1, 0.15) is 11.6 Å². The third kappa shape index (κ3) is 6.35. The minimum absolute atomic E-state index is 0.456. The highest BCUT2D eigenvalue weighted by atomic mass is 79.9. The van der Waals surface area contributed by atoms with Gasteiger partial charge >= 0.3 is 0 Å². The van der Waals surface area contributed by atoms with E-state index in [2.05, 4.69) is 79.4 Å². The van der Waals surface area contributed by atoms with Gasteiger partial charge in [-0.05, 0) is 72.8 Å². The van der Waals surface area contributed by atoms with Crippen molar-refractivity contribution in [3.8, 4) is 17.2 Å². The normalized spacial score (nSPS) is 17.3. The quantitative estimate of drug-likeness (QED) is 0.249. The van der Waals surface area contributed by atoms with Gasteiger partial charge < -0.3 is 34.7 Å². The van der Waals surface area contributed by atoms with Crippen molar-refractivity contribution in [3.63, 3.8) is 0 Å². The zero-order chi connectivity index (χ0) is 30.1. The highest BCUT2D eigenvalue weighted by Crippen LogP contribution is 2.42. The van der Waals surface area contributed by atoms with E-state index in [0.29, 0.717) is 35.2 Å². The first-order valence-electron chi connectivity index (χ1n) is 14.5. The molecular formula is C30H39BrN7O4P. The van der Waals surface area contributed by atoms with Crippen molar-refractivity contribution in [1.29, 1.82) is 0 Å². The second-order valence-electron chi connectivity index (χ2n) is 11.4. The van der Waals surface area contributed by atoms with Crippen LogP contribution in [0.2, 0.25) is 0 Å². The minimum Gasteiger partial charge on any atom is -0.494 e. The van der Waals surface area contributed by atoms with Crippen molar-refractivity contribution in [2.24, 2.45) is 5.92 Å². The van der Waals surface area contributed by atoms with Gasteiger partial charge in [0.05, 0.1) is 29.6 Å². The number of nitrogens with one attached hydrogen (secondary N) is 3. The highest BCUT2D eigenvalue weighted by Gasteiger charge is 2.34. The molecule has 2 saturated heterocycles. The standard InChI is InChI=1S/C30H39BrN7O4P/c1-18-12-23(26(40-3)13-24(18)37-10-8-20(9-11-37)38-15-19(16-38)17-39-2)34-30-32-14-21(31)29(35-30)33-22-6-7-25-27(42-36-41-25)28(22)43(4)5/h6-7,12-14,19-20,36H,8-11,15-17H2,1-5H3,(H2,32,33,34,35). The Bertz CT molecular complexity index is 1460. The smallest absolute Gasteiger partial charge is 0.229 e. The van der Waals surface area contributed by atoms with Crippen LogP contribution in [0.5, 0.6) is 17.2 Å². The first-order valence-corrected chi connectivity index (χ1v) is 17.5. The molecule has 3 aliphatic rings. The van der Waals surface area contributed by atoms with E-state index in [1.807, 2.05) is 12.1 Å². The summed E-state index contributed by atoms with van der Waals surface area (Å²) in [6.45, 7) is 11.8. The third-order valence-electron chi connectivity index (χ3n) is 8.31. The molecule has 0 bridgehead atoms. The number of aromatic nitrogens is 2. The lowest BCUT2D eigenvalue weighted by Gasteiger charge is -2.47. The molecule has 0 spiro atoms. The first kappa shape index (κ1) is 30.1. The first-order chi connectivity index (χ1) is 20.8. The van der Waals surface area contributed by atoms with Crippen LogP contribution < -0.4 is 40.9 Å². The Morgan fingerprint density at radius 3 is 2.60 bits per heavy atom. The van der Waals surface area contributed by atoms with Gasteiger partial charge in [-0.1, -0.05) is 7.92 Å². The number of ether oxygens (including phenoxy) is 2. The van der Waals surface area contributed by atoms with Crippen molar-refractivity contribution in [1.82, 2.24) is 20.5 Å². The SMILES string of the molecule is COCC1CN(C2CCN(c3cc(OC)c(Nc4ncc(Br)c(Nc5ccc6c(c5P(C)C)ONO6)n4)cc3C)CC2)C1. The Balaban J connectivity index is 1.16. The number of methoxy groups -OCH3 is 2. The van der Waals surface area contributed by atoms with Gasteiger partial charge in [-0.15, -0.1) is 0 Å². The Kier molecular flexibility index (Phi) is 9.11. The lowest BCUT2D eigenvalue weighted by Crippen LogP contribution is -2.56. The molecule has 3 aliphatic heterocycles. The van der Waals surface area contributed by atoms with Crippen LogP contribution in [-0.4, -0.2) is 81.2 Å². The fraction of sp³-hybridized carbons (Fsp3) is 0.467. The van der Waals surface area contributed by atoms with Gasteiger partial charge in [0, 0.05) is 74.1 Å². The Morgan fingerprint density at radius 1 is 1.09 bits per heavy atom. The molecule has 1 aromatic heterocycles. The number of hydrogen-bond donors (Lipinski definition) is 3. The van der Waals surface area contributed by atoms with Crippen LogP contribution in [0.1, 0.15) is 18.4 Å². The van der Waals surface area contributed by atoms with E-state index in [1.54, 1.807) is 20.4 Å². The van der Waals surface area contributed by atoms with Crippen molar-refractivity contribution in [2.45, 2.75) is 25.8 Å². The van der Waals surface area contributed by atoms with Crippen LogP contribution >= 0.6 is 23.9 Å². The molecule has 43 heavy (non-hydrogen) atoms. The summed E-state index contributed by atoms with van der Waals surface area (Å²) in [5.74, 6) is 3.90. The molecule has 3 N–H and O–H groups in total. The maximum Gasteiger partial charge on any atom is 0.229 e. The zero-order valence-electron chi connectivity index (χ0n) is 25.2. The molecule has 11 nitrogen and oxygen atoms in total. The number of piperidine rings is 1. The summed E-state index contributed by atoms with van der Waals surface area (Å²) in [6, 6.07) is 8.76. The molecule has 0 atom stereocenters. The molecular weight excluding hydrogens is 633 g/mol. The van der Waals surface area contributed by atoms with Gasteiger partial charge in [0.25, 0.3) is 0 Å². The lowest BCUT2D eigenvalue weighted by atomic mass is 9.93. The average Bonchev–Trinajstić information content (AvgIpc) is 3.45. The number of hydrogen-bond acceptors (Lipinski definition) is 11. The molecule has 0 aliphatic carbocycles. The molecule has 6 rings (SSSR count). The van der Waals surface area contributed by atoms with Gasteiger partial charge in [-0.2, -0.15) is 4.98 Å². The van der Waals surface area contributed by atoms with Gasteiger partial charge in [-0.3, -0.25) is 4.90 Å². The number of anilines is 5. The predicted molar refractivity (Wildman–Crippen MR) is 175 cm³/mol. The second-order valence-corrected chi connectivity index (χ2v) is 14.5. The van der Waals surface area contributed by atoms with Crippen LogP contribution in [0.4, 0.5) is 28.8 Å². The summed E-state index contributed by atoms with van der Waals surface area (Å²) < 4.78 is 11.9. The maximum atomic E-state index is 5.84. The van der Waals surface area contributed by atoms with Gasteiger partial charge in [0.2, 0.25) is 11.7 Å². The second kappa shape index (κ2) is 13.0. The topological polar surface area (TPSA) is 105 Å². The summed E-state index contributed by atoms with van der Waals surface area (Å²) in [4.78, 5) is 25.3. The van der Waals surface area contributed by atoms with E-state index in [9.17, 15) is 0 Å². The van der Waals surface area contributed by atoms with E-state index >= 15 is 0 Å². The number of nitrogens with zero attached hydrogens (tertiary/aromatic N) is 4. The summed E-state index contributed by atoms with van der Waals surface area (Å²) in [5, 5.41) is 7.90.